The SMILES string of the molecule is [B]c1nc(O)c(O)n1-c1nc(C)cc(C(=O)OF)n1. The third kappa shape index (κ3) is 2.19. The Hall–Kier alpha value is -2.65. The minimum Gasteiger partial charge on any atom is -0.490 e. The second-order valence-electron chi connectivity index (χ2n) is 3.51. The number of carbonyl (C=O) groups excluding carboxylic acids is 1. The summed E-state index contributed by atoms with van der Waals surface area (Å²) in [4.78, 5) is 25.0. The summed E-state index contributed by atoms with van der Waals surface area (Å²) in [5, 5.41) is 18.8. The van der Waals surface area contributed by atoms with Crippen molar-refractivity contribution in [3.8, 4) is 17.7 Å². The normalized spacial score (nSPS) is 10.4. The molecule has 2 aromatic rings. The molecule has 0 amide bonds. The minimum atomic E-state index is -1.32. The van der Waals surface area contributed by atoms with Gasteiger partial charge in [-0.25, -0.2) is 29.3 Å². The van der Waals surface area contributed by atoms with Gasteiger partial charge in [-0.1, -0.05) is 0 Å². The number of carbonyl (C=O) groups is 1. The number of aromatic hydroxyl groups is 2. The Labute approximate surface area is 106 Å². The standard InChI is InChI=1S/C9H6BFN4O4/c1-3-2-4(7(18)19-11)13-9(12-3)15-6(17)5(16)14-8(15)10/h2,16-17H,1H3. The summed E-state index contributed by atoms with van der Waals surface area (Å²) in [5.74, 6) is -3.02. The molecule has 0 fully saturated rings. The lowest BCUT2D eigenvalue weighted by Crippen LogP contribution is -2.20. The van der Waals surface area contributed by atoms with Crippen molar-refractivity contribution in [1.29, 1.82) is 0 Å². The number of aryl methyl sites for hydroxylation is 1. The van der Waals surface area contributed by atoms with Crippen molar-refractivity contribution in [3.63, 3.8) is 0 Å². The predicted octanol–water partition coefficient (Wildman–Crippen LogP) is -0.783. The van der Waals surface area contributed by atoms with Crippen molar-refractivity contribution in [2.24, 2.45) is 0 Å². The van der Waals surface area contributed by atoms with Crippen LogP contribution in [0.3, 0.4) is 0 Å². The first-order valence-electron chi connectivity index (χ1n) is 4.89. The van der Waals surface area contributed by atoms with Crippen LogP contribution in [0, 0.1) is 6.92 Å². The fraction of sp³-hybridized carbons (Fsp3) is 0.111. The number of halogens is 1. The van der Waals surface area contributed by atoms with E-state index in [2.05, 4.69) is 19.9 Å². The molecule has 0 spiro atoms. The maximum atomic E-state index is 11.9. The molecule has 2 N–H and O–H groups in total. The Bertz CT molecular complexity index is 660. The zero-order chi connectivity index (χ0) is 14.2. The van der Waals surface area contributed by atoms with Gasteiger partial charge in [0.2, 0.25) is 5.95 Å². The van der Waals surface area contributed by atoms with E-state index < -0.39 is 17.7 Å². The molecular formula is C9H6BFN4O4. The van der Waals surface area contributed by atoms with Crippen LogP contribution in [0.5, 0.6) is 11.8 Å². The molecule has 10 heteroatoms. The van der Waals surface area contributed by atoms with Gasteiger partial charge in [-0.3, -0.25) is 0 Å². The summed E-state index contributed by atoms with van der Waals surface area (Å²) in [6.07, 6.45) is 0. The summed E-state index contributed by atoms with van der Waals surface area (Å²) >= 11 is 0. The van der Waals surface area contributed by atoms with E-state index >= 15 is 0 Å². The van der Waals surface area contributed by atoms with Crippen LogP contribution < -0.4 is 5.72 Å². The van der Waals surface area contributed by atoms with Crippen LogP contribution in [0.4, 0.5) is 4.53 Å². The fourth-order valence-electron chi connectivity index (χ4n) is 1.41. The summed E-state index contributed by atoms with van der Waals surface area (Å²) in [6.45, 7) is 1.50. The van der Waals surface area contributed by atoms with Gasteiger partial charge in [-0.05, 0) is 13.0 Å². The van der Waals surface area contributed by atoms with Crippen molar-refractivity contribution in [2.45, 2.75) is 6.92 Å². The zero-order valence-electron chi connectivity index (χ0n) is 9.53. The summed E-state index contributed by atoms with van der Waals surface area (Å²) in [6, 6.07) is 1.18. The Morgan fingerprint density at radius 1 is 1.42 bits per heavy atom. The monoisotopic (exact) mass is 264 g/mol. The average Bonchev–Trinajstić information content (AvgIpc) is 2.61. The van der Waals surface area contributed by atoms with E-state index in [9.17, 15) is 19.5 Å². The number of hydrogen-bond acceptors (Lipinski definition) is 7. The van der Waals surface area contributed by atoms with Crippen molar-refractivity contribution in [3.05, 3.63) is 17.5 Å². The Kier molecular flexibility index (Phi) is 3.07. The molecule has 2 heterocycles. The number of rotatable bonds is 2. The number of aromatic nitrogens is 4. The summed E-state index contributed by atoms with van der Waals surface area (Å²) < 4.78 is 12.6. The lowest BCUT2D eigenvalue weighted by Gasteiger charge is -2.06. The molecule has 0 atom stereocenters. The van der Waals surface area contributed by atoms with Gasteiger partial charge in [0.05, 0.1) is 5.72 Å². The van der Waals surface area contributed by atoms with Gasteiger partial charge in [0.25, 0.3) is 11.8 Å². The molecule has 96 valence electrons. The fourth-order valence-corrected chi connectivity index (χ4v) is 1.41. The van der Waals surface area contributed by atoms with E-state index in [1.54, 1.807) is 0 Å². The molecule has 2 aromatic heterocycles. The molecule has 8 nitrogen and oxygen atoms in total. The highest BCUT2D eigenvalue weighted by Crippen LogP contribution is 2.22. The van der Waals surface area contributed by atoms with Crippen LogP contribution >= 0.6 is 0 Å². The lowest BCUT2D eigenvalue weighted by molar-refractivity contribution is -0.0793. The van der Waals surface area contributed by atoms with Crippen LogP contribution in [0.2, 0.25) is 0 Å². The van der Waals surface area contributed by atoms with Gasteiger partial charge < -0.3 is 10.2 Å². The van der Waals surface area contributed by atoms with Gasteiger partial charge in [0.15, 0.2) is 13.5 Å². The Morgan fingerprint density at radius 2 is 2.11 bits per heavy atom. The molecule has 19 heavy (non-hydrogen) atoms. The van der Waals surface area contributed by atoms with E-state index in [1.165, 1.54) is 13.0 Å². The molecule has 2 radical (unpaired) electrons. The summed E-state index contributed by atoms with van der Waals surface area (Å²) in [7, 11) is 5.44. The number of imidazole rings is 1. The van der Waals surface area contributed by atoms with E-state index in [1.807, 2.05) is 0 Å². The van der Waals surface area contributed by atoms with Crippen LogP contribution in [0.25, 0.3) is 5.95 Å². The van der Waals surface area contributed by atoms with E-state index in [-0.39, 0.29) is 23.1 Å². The molecule has 0 unspecified atom stereocenters. The third-order valence-electron chi connectivity index (χ3n) is 2.18. The average molecular weight is 264 g/mol. The highest BCUT2D eigenvalue weighted by molar-refractivity contribution is 6.29. The number of hydrogen-bond donors (Lipinski definition) is 2. The molecule has 0 bridgehead atoms. The third-order valence-corrected chi connectivity index (χ3v) is 2.18. The first-order valence-corrected chi connectivity index (χ1v) is 4.89. The molecule has 0 saturated heterocycles. The van der Waals surface area contributed by atoms with Crippen molar-refractivity contribution in [1.82, 2.24) is 19.5 Å². The first-order chi connectivity index (χ1) is 8.93. The molecule has 0 saturated carbocycles. The van der Waals surface area contributed by atoms with Crippen LogP contribution in [0.1, 0.15) is 16.2 Å². The van der Waals surface area contributed by atoms with Gasteiger partial charge in [-0.15, -0.1) is 0 Å². The smallest absolute Gasteiger partial charge is 0.397 e. The molecule has 0 aromatic carbocycles. The van der Waals surface area contributed by atoms with Gasteiger partial charge in [-0.2, -0.15) is 0 Å². The first kappa shape index (κ1) is 12.8. The zero-order valence-corrected chi connectivity index (χ0v) is 9.53. The van der Waals surface area contributed by atoms with Crippen molar-refractivity contribution in [2.75, 3.05) is 0 Å². The predicted molar refractivity (Wildman–Crippen MR) is 59.1 cm³/mol. The van der Waals surface area contributed by atoms with Crippen LogP contribution in [-0.4, -0.2) is 43.5 Å². The van der Waals surface area contributed by atoms with Crippen LogP contribution in [0.15, 0.2) is 6.07 Å². The lowest BCUT2D eigenvalue weighted by atomic mass is 10.1. The molecule has 2 rings (SSSR count). The van der Waals surface area contributed by atoms with Gasteiger partial charge >= 0.3 is 5.97 Å². The molecule has 0 aliphatic heterocycles. The highest BCUT2D eigenvalue weighted by atomic mass is 19.3. The quantitative estimate of drug-likeness (QED) is 0.684. The molecular weight excluding hydrogens is 258 g/mol. The Balaban J connectivity index is 2.62. The largest absolute Gasteiger partial charge is 0.490 e. The summed E-state index contributed by atoms with van der Waals surface area (Å²) in [5.41, 5.74) is -0.394. The maximum Gasteiger partial charge on any atom is 0.397 e. The number of nitrogens with zero attached hydrogens (tertiary/aromatic N) is 4. The van der Waals surface area contributed by atoms with Crippen molar-refractivity contribution < 1.29 is 24.5 Å². The topological polar surface area (TPSA) is 110 Å². The van der Waals surface area contributed by atoms with E-state index in [4.69, 9.17) is 7.85 Å². The molecule has 0 aliphatic rings. The Morgan fingerprint density at radius 3 is 2.63 bits per heavy atom. The van der Waals surface area contributed by atoms with Gasteiger partial charge in [0.1, 0.15) is 0 Å². The van der Waals surface area contributed by atoms with E-state index in [0.29, 0.717) is 0 Å². The highest BCUT2D eigenvalue weighted by Gasteiger charge is 2.19. The minimum absolute atomic E-state index is 0.261. The van der Waals surface area contributed by atoms with E-state index in [0.717, 1.165) is 4.57 Å². The second kappa shape index (κ2) is 4.56. The second-order valence-corrected chi connectivity index (χ2v) is 3.51. The van der Waals surface area contributed by atoms with Crippen LogP contribution in [-0.2, 0) is 4.94 Å². The molecule has 0 aliphatic carbocycles. The van der Waals surface area contributed by atoms with Gasteiger partial charge in [0, 0.05) is 10.2 Å². The maximum absolute atomic E-state index is 11.9. The van der Waals surface area contributed by atoms with Crippen molar-refractivity contribution >= 4 is 19.5 Å².